The average molecular weight is 294 g/mol. The van der Waals surface area contributed by atoms with Crippen molar-refractivity contribution in [3.63, 3.8) is 0 Å². The quantitative estimate of drug-likeness (QED) is 0.671. The Balaban J connectivity index is 1.87. The van der Waals surface area contributed by atoms with Gasteiger partial charge >= 0.3 is 0 Å². The van der Waals surface area contributed by atoms with E-state index in [4.69, 9.17) is 11.6 Å². The highest BCUT2D eigenvalue weighted by molar-refractivity contribution is 6.49. The number of halogens is 1. The van der Waals surface area contributed by atoms with Gasteiger partial charge in [0.1, 0.15) is 12.1 Å². The fraction of sp³-hybridized carbons (Fsp3) is 0.182. The molecule has 1 saturated carbocycles. The third-order valence-electron chi connectivity index (χ3n) is 2.98. The van der Waals surface area contributed by atoms with Crippen molar-refractivity contribution < 1.29 is 14.7 Å². The number of ketones is 2. The van der Waals surface area contributed by atoms with Crippen LogP contribution in [0.5, 0.6) is 0 Å². The summed E-state index contributed by atoms with van der Waals surface area (Å²) in [5.41, 5.74) is 1.03. The maximum atomic E-state index is 11.3. The zero-order chi connectivity index (χ0) is 14.3. The van der Waals surface area contributed by atoms with Crippen molar-refractivity contribution >= 4 is 28.9 Å². The van der Waals surface area contributed by atoms with Gasteiger partial charge in [-0.2, -0.15) is 5.21 Å². The number of aliphatic hydroxyl groups is 1. The van der Waals surface area contributed by atoms with Crippen molar-refractivity contribution in [3.8, 4) is 11.4 Å². The van der Waals surface area contributed by atoms with Crippen molar-refractivity contribution in [3.05, 3.63) is 23.2 Å². The minimum Gasteiger partial charge on any atom is -0.382 e. The number of nitrogens with zero attached hydrogens (tertiary/aromatic N) is 3. The zero-order valence-corrected chi connectivity index (χ0v) is 10.6. The number of anilines is 1. The number of carbonyl (C=O) groups is 2. The van der Waals surface area contributed by atoms with Gasteiger partial charge in [0, 0.05) is 11.3 Å². The Labute approximate surface area is 117 Å². The molecule has 9 heteroatoms. The lowest BCUT2D eigenvalue weighted by molar-refractivity contribution is -0.152. The van der Waals surface area contributed by atoms with Gasteiger partial charge < -0.3 is 10.4 Å². The van der Waals surface area contributed by atoms with Crippen molar-refractivity contribution in [1.82, 2.24) is 20.6 Å². The topological polar surface area (TPSA) is 121 Å². The number of aliphatic hydroxyl groups excluding tert-OH is 1. The fourth-order valence-corrected chi connectivity index (χ4v) is 2.09. The van der Waals surface area contributed by atoms with Crippen LogP contribution in [0, 0.1) is 0 Å². The Morgan fingerprint density at radius 1 is 1.30 bits per heavy atom. The van der Waals surface area contributed by atoms with Crippen molar-refractivity contribution in [2.45, 2.75) is 12.1 Å². The van der Waals surface area contributed by atoms with E-state index in [1.807, 2.05) is 0 Å². The van der Waals surface area contributed by atoms with Gasteiger partial charge in [-0.1, -0.05) is 11.6 Å². The molecule has 2 atom stereocenters. The molecule has 0 bridgehead atoms. The molecule has 1 heterocycles. The van der Waals surface area contributed by atoms with E-state index in [0.29, 0.717) is 22.1 Å². The van der Waals surface area contributed by atoms with Crippen LogP contribution in [-0.2, 0) is 9.59 Å². The SMILES string of the molecule is O=C1C(=O)C(Nc2ccc(Cl)c(-c3nn[nH]n3)c2)C1O. The monoisotopic (exact) mass is 293 g/mol. The maximum absolute atomic E-state index is 11.3. The molecule has 20 heavy (non-hydrogen) atoms. The van der Waals surface area contributed by atoms with Gasteiger partial charge in [0.05, 0.1) is 5.02 Å². The first-order valence-electron chi connectivity index (χ1n) is 5.64. The van der Waals surface area contributed by atoms with Crippen LogP contribution >= 0.6 is 11.6 Å². The minimum atomic E-state index is -1.31. The number of benzene rings is 1. The van der Waals surface area contributed by atoms with E-state index >= 15 is 0 Å². The number of H-pyrrole nitrogens is 1. The number of carbonyl (C=O) groups excluding carboxylic acids is 2. The van der Waals surface area contributed by atoms with E-state index in [0.717, 1.165) is 0 Å². The molecule has 102 valence electrons. The van der Waals surface area contributed by atoms with E-state index < -0.39 is 23.7 Å². The molecule has 1 fully saturated rings. The molecule has 0 spiro atoms. The number of tetrazole rings is 1. The Morgan fingerprint density at radius 2 is 2.10 bits per heavy atom. The highest BCUT2D eigenvalue weighted by Crippen LogP contribution is 2.29. The number of nitrogens with one attached hydrogen (secondary N) is 2. The van der Waals surface area contributed by atoms with Crippen LogP contribution in [-0.4, -0.2) is 49.4 Å². The lowest BCUT2D eigenvalue weighted by Gasteiger charge is -2.30. The van der Waals surface area contributed by atoms with Crippen molar-refractivity contribution in [2.75, 3.05) is 5.32 Å². The van der Waals surface area contributed by atoms with Crippen molar-refractivity contribution in [2.24, 2.45) is 0 Å². The number of hydrogen-bond donors (Lipinski definition) is 3. The first kappa shape index (κ1) is 12.7. The molecule has 3 rings (SSSR count). The average Bonchev–Trinajstić information content (AvgIpc) is 2.99. The second-order valence-corrected chi connectivity index (χ2v) is 4.63. The molecular weight excluding hydrogens is 286 g/mol. The van der Waals surface area contributed by atoms with Crippen molar-refractivity contribution in [1.29, 1.82) is 0 Å². The third-order valence-corrected chi connectivity index (χ3v) is 3.31. The van der Waals surface area contributed by atoms with E-state index in [2.05, 4.69) is 25.9 Å². The molecule has 0 aliphatic heterocycles. The number of rotatable bonds is 3. The van der Waals surface area contributed by atoms with Gasteiger partial charge in [-0.15, -0.1) is 10.2 Å². The van der Waals surface area contributed by atoms with Crippen LogP contribution < -0.4 is 5.32 Å². The second kappa shape index (κ2) is 4.66. The van der Waals surface area contributed by atoms with Crippen LogP contribution in [0.3, 0.4) is 0 Å². The summed E-state index contributed by atoms with van der Waals surface area (Å²) in [4.78, 5) is 22.3. The molecule has 1 aromatic heterocycles. The van der Waals surface area contributed by atoms with Gasteiger partial charge in [-0.05, 0) is 23.4 Å². The summed E-state index contributed by atoms with van der Waals surface area (Å²) in [5.74, 6) is -1.13. The summed E-state index contributed by atoms with van der Waals surface area (Å²) in [7, 11) is 0. The lowest BCUT2D eigenvalue weighted by Crippen LogP contribution is -2.61. The predicted octanol–water partition coefficient (Wildman–Crippen LogP) is -0.187. The predicted molar refractivity (Wildman–Crippen MR) is 68.1 cm³/mol. The Hall–Kier alpha value is -2.32. The third kappa shape index (κ3) is 1.95. The molecule has 0 amide bonds. The normalized spacial score (nSPS) is 21.7. The minimum absolute atomic E-state index is 0.301. The molecule has 1 aromatic carbocycles. The molecule has 3 N–H and O–H groups in total. The number of aromatic nitrogens is 4. The fourth-order valence-electron chi connectivity index (χ4n) is 1.88. The zero-order valence-electron chi connectivity index (χ0n) is 9.87. The summed E-state index contributed by atoms with van der Waals surface area (Å²) >= 11 is 6.03. The molecule has 2 aromatic rings. The largest absolute Gasteiger partial charge is 0.382 e. The molecule has 2 unspecified atom stereocenters. The van der Waals surface area contributed by atoms with Crippen LogP contribution in [0.1, 0.15) is 0 Å². The molecule has 0 saturated heterocycles. The smallest absolute Gasteiger partial charge is 0.231 e. The second-order valence-electron chi connectivity index (χ2n) is 4.23. The van der Waals surface area contributed by atoms with E-state index in [1.165, 1.54) is 0 Å². The van der Waals surface area contributed by atoms with Crippen LogP contribution in [0.25, 0.3) is 11.4 Å². The van der Waals surface area contributed by atoms with E-state index in [1.54, 1.807) is 18.2 Å². The molecule has 1 aliphatic rings. The molecular formula is C11H8ClN5O3. The summed E-state index contributed by atoms with van der Waals surface area (Å²) in [6.07, 6.45) is -1.31. The first-order chi connectivity index (χ1) is 9.58. The standard InChI is InChI=1S/C11H8ClN5O3/c12-6-2-1-4(3-5(6)11-14-16-17-15-11)13-7-8(18)10(20)9(7)19/h1-3,7-8,13,18H,(H,14,15,16,17). The first-order valence-corrected chi connectivity index (χ1v) is 6.02. The maximum Gasteiger partial charge on any atom is 0.231 e. The van der Waals surface area contributed by atoms with Crippen LogP contribution in [0.15, 0.2) is 18.2 Å². The summed E-state index contributed by atoms with van der Waals surface area (Å²) < 4.78 is 0. The van der Waals surface area contributed by atoms with Gasteiger partial charge in [0.25, 0.3) is 0 Å². The van der Waals surface area contributed by atoms with Gasteiger partial charge in [-0.3, -0.25) is 9.59 Å². The Kier molecular flexibility index (Phi) is 2.96. The number of Topliss-reactive ketones (excluding diaryl/α,β-unsaturated/α-hetero) is 2. The van der Waals surface area contributed by atoms with Gasteiger partial charge in [0.15, 0.2) is 0 Å². The number of hydrogen-bond acceptors (Lipinski definition) is 7. The summed E-state index contributed by atoms with van der Waals surface area (Å²) in [6, 6.07) is 3.89. The van der Waals surface area contributed by atoms with E-state index in [-0.39, 0.29) is 0 Å². The Morgan fingerprint density at radius 3 is 2.75 bits per heavy atom. The Bertz CT molecular complexity index is 687. The summed E-state index contributed by atoms with van der Waals surface area (Å²) in [6.45, 7) is 0. The highest BCUT2D eigenvalue weighted by atomic mass is 35.5. The molecule has 0 radical (unpaired) electrons. The van der Waals surface area contributed by atoms with Crippen LogP contribution in [0.4, 0.5) is 5.69 Å². The highest BCUT2D eigenvalue weighted by Gasteiger charge is 2.48. The summed E-state index contributed by atoms with van der Waals surface area (Å²) in [5, 5.41) is 26.0. The van der Waals surface area contributed by atoms with E-state index in [9.17, 15) is 14.7 Å². The molecule has 1 aliphatic carbocycles. The molecule has 8 nitrogen and oxygen atoms in total. The number of aromatic amines is 1. The lowest BCUT2D eigenvalue weighted by atomic mass is 9.85. The van der Waals surface area contributed by atoms with Gasteiger partial charge in [-0.25, -0.2) is 0 Å². The van der Waals surface area contributed by atoms with Crippen LogP contribution in [0.2, 0.25) is 5.02 Å². The van der Waals surface area contributed by atoms with Gasteiger partial charge in [0.2, 0.25) is 17.4 Å².